The molecule has 0 spiro atoms. The first-order valence-electron chi connectivity index (χ1n) is 48.7. The normalized spacial score (nSPS) is 23.5. The van der Waals surface area contributed by atoms with E-state index in [1.807, 2.05) is 0 Å². The maximum atomic E-state index is 14.1. The fourth-order valence-electron chi connectivity index (χ4n) is 15.7. The first kappa shape index (κ1) is 123. The minimum atomic E-state index is -1.47. The van der Waals surface area contributed by atoms with Gasteiger partial charge in [-0.15, -0.1) is 0 Å². The minimum Gasteiger partial charge on any atom is -0.450 e. The van der Waals surface area contributed by atoms with E-state index in [0.717, 1.165) is 38.5 Å². The Morgan fingerprint density at radius 2 is 0.717 bits per heavy atom. The molecule has 4 heterocycles. The molecule has 4 fully saturated rings. The van der Waals surface area contributed by atoms with Gasteiger partial charge in [-0.1, -0.05) is 60.1 Å². The molecule has 48 heteroatoms. The number of likely N-dealkylation sites (tertiary alicyclic amines) is 1. The first-order valence-corrected chi connectivity index (χ1v) is 51.0. The van der Waals surface area contributed by atoms with E-state index in [1.54, 1.807) is 33.6 Å². The van der Waals surface area contributed by atoms with Gasteiger partial charge in [0.2, 0.25) is 53.2 Å². The molecule has 4 aliphatic rings. The largest absolute Gasteiger partial charge is 0.450 e. The molecular formula is C90H162N12O34S2. The van der Waals surface area contributed by atoms with Crippen LogP contribution in [-0.4, -0.2) is 399 Å². The molecule has 12 amide bonds. The lowest BCUT2D eigenvalue weighted by atomic mass is 9.83. The van der Waals surface area contributed by atoms with Gasteiger partial charge in [-0.2, -0.15) is 0 Å². The molecule has 4 aliphatic heterocycles. The smallest absolute Gasteiger partial charge is 0.407 e. The molecule has 46 nitrogen and oxygen atoms in total. The second-order valence-electron chi connectivity index (χ2n) is 35.4. The topological polar surface area (TPSA) is 653 Å². The Kier molecular flexibility index (Phi) is 64.6. The van der Waals surface area contributed by atoms with Crippen molar-refractivity contribution in [2.24, 2.45) is 0 Å². The summed E-state index contributed by atoms with van der Waals surface area (Å²) in [4.78, 5) is 154. The van der Waals surface area contributed by atoms with Crippen molar-refractivity contribution in [2.75, 3.05) is 158 Å². The fourth-order valence-corrected chi connectivity index (χ4v) is 18.2. The highest BCUT2D eigenvalue weighted by Gasteiger charge is 2.49. The number of carbonyl (C=O) groups excluding carboxylic acids is 12. The van der Waals surface area contributed by atoms with Crippen LogP contribution in [0, 0.1) is 0 Å². The van der Waals surface area contributed by atoms with Crippen LogP contribution in [0.3, 0.4) is 0 Å². The highest BCUT2D eigenvalue weighted by Crippen LogP contribution is 2.39. The zero-order valence-electron chi connectivity index (χ0n) is 81.3. The average molecular weight is 2020 g/mol. The summed E-state index contributed by atoms with van der Waals surface area (Å²) < 4.78 is 67.6. The van der Waals surface area contributed by atoms with Gasteiger partial charge in [0.1, 0.15) is 73.1 Å². The quantitative estimate of drug-likeness (QED) is 0.0207. The third-order valence-corrected chi connectivity index (χ3v) is 26.7. The number of aliphatic hydroxyl groups is 10. The number of amides is 12. The van der Waals surface area contributed by atoms with Gasteiger partial charge in [-0.25, -0.2) is 14.4 Å². The summed E-state index contributed by atoms with van der Waals surface area (Å²) in [6.07, 6.45) is -4.70. The molecule has 0 bridgehead atoms. The Morgan fingerprint density at radius 1 is 0.370 bits per heavy atom. The molecule has 138 heavy (non-hydrogen) atoms. The van der Waals surface area contributed by atoms with Crippen molar-refractivity contribution in [3.63, 3.8) is 0 Å². The van der Waals surface area contributed by atoms with Crippen LogP contribution in [0.15, 0.2) is 0 Å². The Morgan fingerprint density at radius 3 is 1.07 bits per heavy atom. The van der Waals surface area contributed by atoms with Crippen LogP contribution in [0.25, 0.3) is 0 Å². The van der Waals surface area contributed by atoms with Crippen LogP contribution in [0.4, 0.5) is 14.4 Å². The summed E-state index contributed by atoms with van der Waals surface area (Å²) in [5, 5.41) is 131. The molecule has 0 saturated carbocycles. The van der Waals surface area contributed by atoms with Crippen molar-refractivity contribution in [2.45, 2.75) is 342 Å². The second-order valence-corrected chi connectivity index (χ2v) is 38.5. The number of unbranched alkanes of at least 4 members (excludes halogenated alkanes) is 9. The second kappa shape index (κ2) is 72.3. The lowest BCUT2D eigenvalue weighted by Gasteiger charge is -2.42. The standard InChI is InChI=1S/C90H162N12O34S2/c1-60(107)98-74-80(119)77(116)65(57-104)134-83(74)128-43-20-26-68(110)91-36-13-7-10-16-39-95-86(122)131-46-23-32-90(33-24-47-132-87(123)96-40-17-11-8-14-37-92-69(111)27-21-44-129-84-75(99-61(2)108)81(120)78(117)66(58-105)135-84,34-25-48-133-88(124)97-41-18-12-9-15-38-93-70(112)28-22-45-130-85-76(100-62(3)109)82(121)79(118)67(59-106)136-85)101-72(114)31-49-126-50-51-127-52-53-137-138-89(4,5)35-30-71(113)94-42-19-29-73(115)102-55-64(125-6)54-63(102)56-103/h63-67,74-85,103-106,116-121H,7-59H2,1-6H3,(H,91,110)(H,92,111)(H,93,112)(H,94,113)(H,95,122)(H,96,123)(H,97,124)(H,98,107)(H,99,108)(H,100,109)(H,101,114)/t63-,64+,65?,66?,67?,74?,75?,76?,77?,78?,79?,80?,81?,82?,83?,84?,85?,90?/m1/s1. The number of nitrogens with one attached hydrogen (secondary N) is 11. The number of carbonyl (C=O) groups is 12. The van der Waals surface area contributed by atoms with Crippen LogP contribution in [0.1, 0.15) is 227 Å². The summed E-state index contributed by atoms with van der Waals surface area (Å²) >= 11 is 0. The van der Waals surface area contributed by atoms with E-state index in [9.17, 15) is 109 Å². The molecule has 0 radical (unpaired) electrons. The molecule has 0 aromatic heterocycles. The van der Waals surface area contributed by atoms with Crippen molar-refractivity contribution >= 4 is 93.0 Å². The predicted molar refractivity (Wildman–Crippen MR) is 503 cm³/mol. The van der Waals surface area contributed by atoms with E-state index in [2.05, 4.69) is 72.3 Å². The third-order valence-electron chi connectivity index (χ3n) is 23.4. The maximum absolute atomic E-state index is 14.1. The molecule has 0 aromatic rings. The lowest BCUT2D eigenvalue weighted by molar-refractivity contribution is -0.270. The van der Waals surface area contributed by atoms with Crippen molar-refractivity contribution < 1.29 is 165 Å². The summed E-state index contributed by atoms with van der Waals surface area (Å²) in [6.45, 7) is 9.60. The summed E-state index contributed by atoms with van der Waals surface area (Å²) in [5.74, 6) is -2.04. The summed E-state index contributed by atoms with van der Waals surface area (Å²) in [7, 11) is 4.86. The fraction of sp³-hybridized carbons (Fsp3) is 0.867. The van der Waals surface area contributed by atoms with E-state index in [1.165, 1.54) is 20.8 Å². The van der Waals surface area contributed by atoms with Gasteiger partial charge in [0.25, 0.3) is 0 Å². The number of methoxy groups -OCH3 is 1. The Balaban J connectivity index is 1.28. The lowest BCUT2D eigenvalue weighted by Crippen LogP contribution is -2.64. The molecule has 798 valence electrons. The van der Waals surface area contributed by atoms with Crippen LogP contribution in [0.2, 0.25) is 0 Å². The Hall–Kier alpha value is -7.02. The zero-order chi connectivity index (χ0) is 101. The number of hydrogen-bond donors (Lipinski definition) is 21. The molecule has 4 rings (SSSR count). The van der Waals surface area contributed by atoms with Gasteiger partial charge in [0, 0.05) is 135 Å². The molecule has 0 aromatic carbocycles. The van der Waals surface area contributed by atoms with E-state index in [-0.39, 0.29) is 208 Å². The number of alkyl carbamates (subject to hydrolysis) is 3. The number of rotatable bonds is 75. The molecule has 15 unspecified atom stereocenters. The highest BCUT2D eigenvalue weighted by atomic mass is 33.1. The summed E-state index contributed by atoms with van der Waals surface area (Å²) in [6, 6.07) is -3.58. The molecule has 4 saturated heterocycles. The van der Waals surface area contributed by atoms with Crippen molar-refractivity contribution in [3.8, 4) is 0 Å². The molecule has 17 atom stereocenters. The molecular weight excluding hydrogens is 1860 g/mol. The van der Waals surface area contributed by atoms with Gasteiger partial charge in [-0.05, 0) is 129 Å². The van der Waals surface area contributed by atoms with Crippen LogP contribution >= 0.6 is 21.6 Å². The Labute approximate surface area is 817 Å². The van der Waals surface area contributed by atoms with E-state index < -0.39 is 153 Å². The summed E-state index contributed by atoms with van der Waals surface area (Å²) in [5.41, 5.74) is -1.02. The van der Waals surface area contributed by atoms with Gasteiger partial charge in [0.15, 0.2) is 18.9 Å². The van der Waals surface area contributed by atoms with Gasteiger partial charge < -0.3 is 171 Å². The Bertz CT molecular complexity index is 3220. The van der Waals surface area contributed by atoms with Gasteiger partial charge >= 0.3 is 18.3 Å². The molecule has 0 aliphatic carbocycles. The van der Waals surface area contributed by atoms with E-state index in [0.29, 0.717) is 129 Å². The van der Waals surface area contributed by atoms with E-state index >= 15 is 0 Å². The maximum Gasteiger partial charge on any atom is 0.407 e. The van der Waals surface area contributed by atoms with Gasteiger partial charge in [-0.3, -0.25) is 43.2 Å². The predicted octanol–water partition coefficient (Wildman–Crippen LogP) is -0.520. The first-order chi connectivity index (χ1) is 66.2. The van der Waals surface area contributed by atoms with Crippen LogP contribution in [-0.2, 0) is 100.0 Å². The van der Waals surface area contributed by atoms with E-state index in [4.69, 9.17) is 56.8 Å². The third kappa shape index (κ3) is 52.3. The highest BCUT2D eigenvalue weighted by molar-refractivity contribution is 8.77. The van der Waals surface area contributed by atoms with Crippen LogP contribution in [0.5, 0.6) is 0 Å². The van der Waals surface area contributed by atoms with Crippen LogP contribution < -0.4 is 58.5 Å². The van der Waals surface area contributed by atoms with Crippen molar-refractivity contribution in [1.29, 1.82) is 0 Å². The van der Waals surface area contributed by atoms with Crippen molar-refractivity contribution in [1.82, 2.24) is 63.4 Å². The van der Waals surface area contributed by atoms with Gasteiger partial charge in [0.05, 0.1) is 105 Å². The SMILES string of the molecule is CO[C@H]1C[C@H](CO)N(C(=O)CCCNC(=O)CCC(C)(C)SSCCOCCOCCC(=O)NC(CCCOC(=O)NCCCCCCNC(=O)CCCOC2OC(CO)C(O)C(O)C2NC(C)=O)(CCCOC(=O)NCCCCCCNC(=O)CCCOC2OC(CO)C(O)C(O)C2NC(C)=O)CCCOC(=O)NCCCCCCNC(=O)CCCOC2OC(CO)C(O)C(O)C2NC(C)=O)C1. The monoisotopic (exact) mass is 2020 g/mol. The number of ether oxygens (including phenoxy) is 12. The number of hydrogen-bond acceptors (Lipinski definition) is 36. The zero-order valence-corrected chi connectivity index (χ0v) is 83.0. The average Bonchev–Trinajstić information content (AvgIpc) is 1.00. The number of nitrogens with zero attached hydrogens (tertiary/aromatic N) is 1. The minimum absolute atomic E-state index is 0.0198. The van der Waals surface area contributed by atoms with Crippen molar-refractivity contribution in [3.05, 3.63) is 0 Å². The number of aliphatic hydroxyl groups excluding tert-OH is 10. The molecule has 21 N–H and O–H groups in total.